The average Bonchev–Trinajstić information content (AvgIpc) is 3.98. The number of aliphatic hydroxyl groups is 4. The van der Waals surface area contributed by atoms with Crippen molar-refractivity contribution in [2.24, 2.45) is 17.8 Å². The Bertz CT molecular complexity index is 2520. The number of alkyl halides is 1. The molecule has 3 saturated heterocycles. The molecule has 3 aliphatic heterocycles. The van der Waals surface area contributed by atoms with Crippen LogP contribution in [0.5, 0.6) is 0 Å². The van der Waals surface area contributed by atoms with Crippen molar-refractivity contribution in [3.8, 4) is 0 Å². The molecule has 0 radical (unpaired) electrons. The Morgan fingerprint density at radius 1 is 0.962 bits per heavy atom. The molecule has 18 nitrogen and oxygen atoms in total. The Balaban J connectivity index is 1.31. The number of benzene rings is 2. The number of cyclic esters (lactones) is 1. The second kappa shape index (κ2) is 27.0. The van der Waals surface area contributed by atoms with E-state index in [1.165, 1.54) is 35.7 Å². The maximum Gasteiger partial charge on any atom is 0.311 e. The molecule has 0 bridgehead atoms. The van der Waals surface area contributed by atoms with Gasteiger partial charge in [0.25, 0.3) is 0 Å². The summed E-state index contributed by atoms with van der Waals surface area (Å²) >= 11 is 1.43. The molecule has 0 saturated carbocycles. The number of carbonyl (C=O) groups excluding carboxylic acids is 1. The van der Waals surface area contributed by atoms with Crippen LogP contribution in [-0.4, -0.2) is 198 Å². The third kappa shape index (κ3) is 14.8. The molecular formula is C58H92FN5O13S2. The number of esters is 1. The number of aliphatic hydroxyl groups excluding tert-OH is 3. The summed E-state index contributed by atoms with van der Waals surface area (Å²) in [6, 6.07) is 14.4. The van der Waals surface area contributed by atoms with Gasteiger partial charge >= 0.3 is 5.97 Å². The summed E-state index contributed by atoms with van der Waals surface area (Å²) in [6.07, 6.45) is -3.40. The summed E-state index contributed by atoms with van der Waals surface area (Å²) in [5.74, 6) is -2.64. The Morgan fingerprint density at radius 2 is 1.62 bits per heavy atom. The van der Waals surface area contributed by atoms with E-state index in [1.807, 2.05) is 97.1 Å². The Labute approximate surface area is 473 Å². The van der Waals surface area contributed by atoms with Gasteiger partial charge in [0.05, 0.1) is 74.9 Å². The SMILES string of the molecule is CC[C@H]1OC(=O)[C@H](C)[C@@H](O[C@H]2C[C@@](C)(OC)[C@@H](O)[C@H](C)O2)[C@H](C)[C@@H](O[C@@H]2O[C@H](C)C[C@H](N(C)CCc3cn([C@H](CF)[C@H](SC)c4ccc(S(C)(=O)=O)cc4)nn3)[C@H]2O)[C@](C)(O)C[C@@H](C)CN(C)[C@H](C)[C@@H](O)[C@@]1(C)c1ccccc1. The first-order chi connectivity index (χ1) is 37.0. The molecule has 6 rings (SSSR count). The van der Waals surface area contributed by atoms with Crippen LogP contribution >= 0.6 is 11.8 Å². The number of halogens is 1. The van der Waals surface area contributed by atoms with Gasteiger partial charge in [0.1, 0.15) is 25.0 Å². The molecule has 20 atom stereocenters. The lowest BCUT2D eigenvalue weighted by Gasteiger charge is -2.49. The first-order valence-electron chi connectivity index (χ1n) is 27.9. The summed E-state index contributed by atoms with van der Waals surface area (Å²) in [7, 11) is 1.94. The van der Waals surface area contributed by atoms with Crippen molar-refractivity contribution >= 4 is 27.6 Å². The number of carbonyl (C=O) groups is 1. The summed E-state index contributed by atoms with van der Waals surface area (Å²) in [6.45, 7) is 18.6. The van der Waals surface area contributed by atoms with E-state index >= 15 is 4.79 Å². The first-order valence-corrected chi connectivity index (χ1v) is 31.1. The number of aromatic nitrogens is 3. The van der Waals surface area contributed by atoms with Crippen molar-refractivity contribution in [2.75, 3.05) is 53.5 Å². The Kier molecular flexibility index (Phi) is 22.2. The second-order valence-corrected chi connectivity index (χ2v) is 26.8. The number of sulfone groups is 1. The van der Waals surface area contributed by atoms with Gasteiger partial charge in [-0.15, -0.1) is 5.10 Å². The Morgan fingerprint density at radius 3 is 2.22 bits per heavy atom. The van der Waals surface area contributed by atoms with Gasteiger partial charge in [-0.1, -0.05) is 68.4 Å². The highest BCUT2D eigenvalue weighted by Crippen LogP contribution is 2.43. The Hall–Kier alpha value is -3.16. The third-order valence-electron chi connectivity index (χ3n) is 17.6. The number of hydrogen-bond donors (Lipinski definition) is 4. The number of methoxy groups -OCH3 is 1. The second-order valence-electron chi connectivity index (χ2n) is 23.8. The molecule has 79 heavy (non-hydrogen) atoms. The molecule has 1 aromatic heterocycles. The molecule has 21 heteroatoms. The molecule has 3 aliphatic rings. The van der Waals surface area contributed by atoms with E-state index in [0.717, 1.165) is 17.4 Å². The van der Waals surface area contributed by atoms with Crippen molar-refractivity contribution in [3.63, 3.8) is 0 Å². The molecule has 0 spiro atoms. The van der Waals surface area contributed by atoms with E-state index in [-0.39, 0.29) is 28.9 Å². The van der Waals surface area contributed by atoms with Crippen molar-refractivity contribution < 1.29 is 66.5 Å². The molecule has 3 aromatic rings. The molecule has 4 N–H and O–H groups in total. The minimum atomic E-state index is -3.41. The topological polar surface area (TPSA) is 225 Å². The smallest absolute Gasteiger partial charge is 0.311 e. The van der Waals surface area contributed by atoms with E-state index in [9.17, 15) is 33.2 Å². The van der Waals surface area contributed by atoms with Crippen molar-refractivity contribution in [3.05, 3.63) is 77.6 Å². The van der Waals surface area contributed by atoms with Crippen LogP contribution in [0.2, 0.25) is 0 Å². The molecule has 2 aromatic carbocycles. The van der Waals surface area contributed by atoms with E-state index in [1.54, 1.807) is 46.0 Å². The quantitative estimate of drug-likeness (QED) is 0.108. The van der Waals surface area contributed by atoms with Gasteiger partial charge in [-0.25, -0.2) is 17.5 Å². The molecule has 0 amide bonds. The van der Waals surface area contributed by atoms with Gasteiger partial charge in [-0.3, -0.25) is 4.79 Å². The average molecular weight is 1150 g/mol. The van der Waals surface area contributed by atoms with Gasteiger partial charge in [-0.05, 0) is 117 Å². The summed E-state index contributed by atoms with van der Waals surface area (Å²) in [4.78, 5) is 19.3. The monoisotopic (exact) mass is 1150 g/mol. The van der Waals surface area contributed by atoms with E-state index < -0.39 is 130 Å². The maximum absolute atomic E-state index is 15.1. The van der Waals surface area contributed by atoms with Crippen LogP contribution in [0.3, 0.4) is 0 Å². The molecule has 0 unspecified atom stereocenters. The fraction of sp³-hybridized carbons (Fsp3) is 0.741. The predicted octanol–water partition coefficient (Wildman–Crippen LogP) is 6.33. The van der Waals surface area contributed by atoms with Gasteiger partial charge in [0.2, 0.25) is 0 Å². The minimum absolute atomic E-state index is 0.101. The summed E-state index contributed by atoms with van der Waals surface area (Å²) < 4.78 is 79.9. The van der Waals surface area contributed by atoms with Crippen molar-refractivity contribution in [1.82, 2.24) is 24.8 Å². The molecule has 0 aliphatic carbocycles. The third-order valence-corrected chi connectivity index (χ3v) is 19.8. The van der Waals surface area contributed by atoms with Crippen LogP contribution < -0.4 is 0 Å². The number of thioether (sulfide) groups is 1. The predicted molar refractivity (Wildman–Crippen MR) is 301 cm³/mol. The highest BCUT2D eigenvalue weighted by atomic mass is 32.2. The molecule has 4 heterocycles. The van der Waals surface area contributed by atoms with E-state index in [0.29, 0.717) is 38.0 Å². The first kappa shape index (κ1) is 65.0. The van der Waals surface area contributed by atoms with Crippen LogP contribution in [0, 0.1) is 17.8 Å². The number of ether oxygens (including phenoxy) is 6. The minimum Gasteiger partial charge on any atom is -0.461 e. The normalized spacial score (nSPS) is 37.7. The van der Waals surface area contributed by atoms with Crippen LogP contribution in [0.4, 0.5) is 4.39 Å². The van der Waals surface area contributed by atoms with Crippen LogP contribution in [-0.2, 0) is 54.9 Å². The zero-order chi connectivity index (χ0) is 58.5. The zero-order valence-corrected chi connectivity index (χ0v) is 50.8. The van der Waals surface area contributed by atoms with Crippen molar-refractivity contribution in [1.29, 1.82) is 0 Å². The highest BCUT2D eigenvalue weighted by Gasteiger charge is 2.53. The van der Waals surface area contributed by atoms with Gasteiger partial charge in [-0.2, -0.15) is 11.8 Å². The van der Waals surface area contributed by atoms with Crippen LogP contribution in [0.15, 0.2) is 65.7 Å². The number of nitrogens with zero attached hydrogens (tertiary/aromatic N) is 5. The number of likely N-dealkylation sites (N-methyl/N-ethyl adjacent to an activating group) is 2. The number of hydrogen-bond acceptors (Lipinski definition) is 18. The highest BCUT2D eigenvalue weighted by molar-refractivity contribution is 7.98. The lowest BCUT2D eigenvalue weighted by molar-refractivity contribution is -0.318. The number of rotatable bonds is 17. The van der Waals surface area contributed by atoms with Crippen LogP contribution in [0.1, 0.15) is 123 Å². The van der Waals surface area contributed by atoms with E-state index in [4.69, 9.17) is 28.4 Å². The fourth-order valence-electron chi connectivity index (χ4n) is 12.6. The van der Waals surface area contributed by atoms with Crippen molar-refractivity contribution in [2.45, 2.75) is 208 Å². The lowest BCUT2D eigenvalue weighted by Crippen LogP contribution is -2.60. The lowest BCUT2D eigenvalue weighted by atomic mass is 9.69. The van der Waals surface area contributed by atoms with Gasteiger partial charge in [0.15, 0.2) is 22.4 Å². The summed E-state index contributed by atoms with van der Waals surface area (Å²) in [5.41, 5.74) is -1.62. The molecular weight excluding hydrogens is 1060 g/mol. The fourth-order valence-corrected chi connectivity index (χ4v) is 14.2. The van der Waals surface area contributed by atoms with Gasteiger partial charge in [0, 0.05) is 63.5 Å². The van der Waals surface area contributed by atoms with Crippen LogP contribution in [0.25, 0.3) is 0 Å². The van der Waals surface area contributed by atoms with E-state index in [2.05, 4.69) is 15.2 Å². The zero-order valence-electron chi connectivity index (χ0n) is 49.1. The molecule has 3 fully saturated rings. The summed E-state index contributed by atoms with van der Waals surface area (Å²) in [5, 5.41) is 57.6. The molecule has 446 valence electrons. The largest absolute Gasteiger partial charge is 0.461 e. The van der Waals surface area contributed by atoms with Gasteiger partial charge < -0.3 is 58.6 Å². The maximum atomic E-state index is 15.1. The standard InChI is InChI=1S/C58H92FN5O13S2/c1-16-46-58(10,41-20-18-17-19-21-41)51(66)38(6)63(12)32-34(2)29-56(8,69)53(36(4)49(37(5)54(68)75-46)76-47-30-57(9,72-13)52(67)39(7)74-47)77-55-48(65)44(28-35(3)73-55)62(11)27-26-42-33-64(61-60-42)45(31-59)50(78-14)40-22-24-43(25-23-40)79(15,70)71/h17-25,33-39,44-53,55,65-67,69H,16,26-32H2,1-15H3/t34-,35-,36+,37-,38-,39+,44+,45-,46-,47+,48-,49+,50-,51-,52+,53-,55+,56-,57-,58+/m1/s1.